The van der Waals surface area contributed by atoms with Gasteiger partial charge in [0.05, 0.1) is 12.7 Å². The van der Waals surface area contributed by atoms with Gasteiger partial charge < -0.3 is 14.8 Å². The van der Waals surface area contributed by atoms with E-state index in [0.717, 1.165) is 18.3 Å². The molecule has 3 aliphatic rings. The molecule has 1 aromatic carbocycles. The van der Waals surface area contributed by atoms with Crippen LogP contribution in [0.5, 0.6) is 5.75 Å². The third-order valence-electron chi connectivity index (χ3n) is 5.95. The Balaban J connectivity index is 0.00000169. The topological polar surface area (TPSA) is 30.5 Å². The summed E-state index contributed by atoms with van der Waals surface area (Å²) in [6.07, 6.45) is 9.73. The second kappa shape index (κ2) is 7.97. The Bertz CT molecular complexity index is 544. The number of hydrogen-bond donors (Lipinski definition) is 1. The number of hydrogen-bond acceptors (Lipinski definition) is 3. The predicted molar refractivity (Wildman–Crippen MR) is 100 cm³/mol. The van der Waals surface area contributed by atoms with Crippen LogP contribution in [0.25, 0.3) is 0 Å². The van der Waals surface area contributed by atoms with Crippen LogP contribution in [0, 0.1) is 11.8 Å². The summed E-state index contributed by atoms with van der Waals surface area (Å²) in [6.45, 7) is 3.65. The maximum absolute atomic E-state index is 6.27. The lowest BCUT2D eigenvalue weighted by Gasteiger charge is -2.47. The van der Waals surface area contributed by atoms with Crippen LogP contribution in [0.4, 0.5) is 5.69 Å². The number of nitrogens with one attached hydrogen (secondary N) is 1. The van der Waals surface area contributed by atoms with Gasteiger partial charge in [0.25, 0.3) is 0 Å². The van der Waals surface area contributed by atoms with Crippen LogP contribution >= 0.6 is 12.4 Å². The second-order valence-electron chi connectivity index (χ2n) is 7.35. The quantitative estimate of drug-likeness (QED) is 0.796. The molecule has 4 heteroatoms. The highest BCUT2D eigenvalue weighted by Gasteiger charge is 2.42. The molecular weight excluding hydrogens is 322 g/mol. The lowest BCUT2D eigenvalue weighted by Crippen LogP contribution is -2.46. The molecule has 1 aliphatic carbocycles. The van der Waals surface area contributed by atoms with Crippen molar-refractivity contribution in [1.29, 1.82) is 0 Å². The van der Waals surface area contributed by atoms with Crippen molar-refractivity contribution in [3.05, 3.63) is 23.8 Å². The van der Waals surface area contributed by atoms with E-state index in [-0.39, 0.29) is 18.5 Å². The number of fused-ring (bicyclic) bond motifs is 3. The molecule has 4 rings (SSSR count). The van der Waals surface area contributed by atoms with Crippen LogP contribution < -0.4 is 10.1 Å². The van der Waals surface area contributed by atoms with Gasteiger partial charge in [-0.2, -0.15) is 0 Å². The normalized spacial score (nSPS) is 29.6. The van der Waals surface area contributed by atoms with Gasteiger partial charge in [-0.1, -0.05) is 19.3 Å². The van der Waals surface area contributed by atoms with Crippen LogP contribution in [-0.2, 0) is 4.74 Å². The molecule has 0 bridgehead atoms. The molecular formula is C20H30ClNO2. The van der Waals surface area contributed by atoms with Gasteiger partial charge in [-0.3, -0.25) is 0 Å². The first-order valence-electron chi connectivity index (χ1n) is 9.51. The van der Waals surface area contributed by atoms with E-state index >= 15 is 0 Å². The van der Waals surface area contributed by atoms with Crippen LogP contribution in [0.3, 0.4) is 0 Å². The molecule has 2 fully saturated rings. The Hall–Kier alpha value is -0.930. The van der Waals surface area contributed by atoms with Crippen molar-refractivity contribution in [3.63, 3.8) is 0 Å². The molecule has 1 N–H and O–H groups in total. The molecule has 24 heavy (non-hydrogen) atoms. The van der Waals surface area contributed by atoms with Crippen LogP contribution in [0.2, 0.25) is 0 Å². The third-order valence-corrected chi connectivity index (χ3v) is 5.95. The number of anilines is 1. The van der Waals surface area contributed by atoms with Crippen molar-refractivity contribution < 1.29 is 9.47 Å². The number of ether oxygens (including phenoxy) is 2. The molecule has 3 atom stereocenters. The van der Waals surface area contributed by atoms with E-state index in [1.54, 1.807) is 0 Å². The van der Waals surface area contributed by atoms with Crippen molar-refractivity contribution in [1.82, 2.24) is 0 Å². The van der Waals surface area contributed by atoms with Gasteiger partial charge in [-0.05, 0) is 56.7 Å². The number of rotatable bonds is 3. The fraction of sp³-hybridized carbons (Fsp3) is 0.700. The van der Waals surface area contributed by atoms with Gasteiger partial charge in [0.2, 0.25) is 0 Å². The van der Waals surface area contributed by atoms with E-state index in [9.17, 15) is 0 Å². The van der Waals surface area contributed by atoms with Crippen molar-refractivity contribution in [3.8, 4) is 5.75 Å². The van der Waals surface area contributed by atoms with Gasteiger partial charge in [-0.25, -0.2) is 0 Å². The SMILES string of the molecule is CCOc1ccc2c(c1)[C@H]1OCCC[C@H]1[C@@H](C1CCCCC1)N2.Cl. The van der Waals surface area contributed by atoms with E-state index in [4.69, 9.17) is 9.47 Å². The molecule has 2 aliphatic heterocycles. The van der Waals surface area contributed by atoms with Crippen molar-refractivity contribution in [2.45, 2.75) is 64.0 Å². The molecule has 0 amide bonds. The van der Waals surface area contributed by atoms with Gasteiger partial charge in [0, 0.05) is 29.8 Å². The smallest absolute Gasteiger partial charge is 0.119 e. The minimum absolute atomic E-state index is 0. The highest BCUT2D eigenvalue weighted by atomic mass is 35.5. The zero-order valence-electron chi connectivity index (χ0n) is 14.6. The lowest BCUT2D eigenvalue weighted by molar-refractivity contribution is -0.0459. The van der Waals surface area contributed by atoms with Crippen LogP contribution in [0.15, 0.2) is 18.2 Å². The summed E-state index contributed by atoms with van der Waals surface area (Å²) >= 11 is 0. The summed E-state index contributed by atoms with van der Waals surface area (Å²) in [5, 5.41) is 3.90. The molecule has 3 nitrogen and oxygen atoms in total. The molecule has 1 aromatic rings. The second-order valence-corrected chi connectivity index (χ2v) is 7.35. The van der Waals surface area contributed by atoms with E-state index < -0.39 is 0 Å². The predicted octanol–water partition coefficient (Wildman–Crippen LogP) is 5.35. The van der Waals surface area contributed by atoms with E-state index in [1.807, 2.05) is 6.92 Å². The number of benzene rings is 1. The average Bonchev–Trinajstić information content (AvgIpc) is 2.62. The summed E-state index contributed by atoms with van der Waals surface area (Å²) in [4.78, 5) is 0. The average molecular weight is 352 g/mol. The first-order chi connectivity index (χ1) is 11.4. The Morgan fingerprint density at radius 2 is 1.96 bits per heavy atom. The molecule has 134 valence electrons. The Labute approximate surface area is 151 Å². The fourth-order valence-electron chi connectivity index (χ4n) is 4.90. The summed E-state index contributed by atoms with van der Waals surface area (Å²) in [6, 6.07) is 7.08. The lowest BCUT2D eigenvalue weighted by atomic mass is 9.71. The van der Waals surface area contributed by atoms with Gasteiger partial charge in [0.1, 0.15) is 5.75 Å². The van der Waals surface area contributed by atoms with Crippen LogP contribution in [0.1, 0.15) is 63.5 Å². The maximum atomic E-state index is 6.27. The summed E-state index contributed by atoms with van der Waals surface area (Å²) < 4.78 is 12.0. The monoisotopic (exact) mass is 351 g/mol. The molecule has 1 saturated carbocycles. The van der Waals surface area contributed by atoms with E-state index in [2.05, 4.69) is 23.5 Å². The molecule has 2 heterocycles. The van der Waals surface area contributed by atoms with Gasteiger partial charge in [-0.15, -0.1) is 12.4 Å². The largest absolute Gasteiger partial charge is 0.494 e. The highest BCUT2D eigenvalue weighted by molar-refractivity contribution is 5.85. The first kappa shape index (κ1) is 17.9. The molecule has 0 aromatic heterocycles. The highest BCUT2D eigenvalue weighted by Crippen LogP contribution is 2.48. The summed E-state index contributed by atoms with van der Waals surface area (Å²) in [5.41, 5.74) is 2.58. The minimum Gasteiger partial charge on any atom is -0.494 e. The molecule has 0 spiro atoms. The molecule has 0 radical (unpaired) electrons. The zero-order chi connectivity index (χ0) is 15.6. The molecule has 0 unspecified atom stereocenters. The minimum atomic E-state index is 0. The maximum Gasteiger partial charge on any atom is 0.119 e. The summed E-state index contributed by atoms with van der Waals surface area (Å²) in [7, 11) is 0. The van der Waals surface area contributed by atoms with Gasteiger partial charge in [0.15, 0.2) is 0 Å². The fourth-order valence-corrected chi connectivity index (χ4v) is 4.90. The van der Waals surface area contributed by atoms with Gasteiger partial charge >= 0.3 is 0 Å². The third kappa shape index (κ3) is 3.39. The Kier molecular flexibility index (Phi) is 5.93. The van der Waals surface area contributed by atoms with E-state index in [0.29, 0.717) is 18.6 Å². The van der Waals surface area contributed by atoms with Crippen LogP contribution in [-0.4, -0.2) is 19.3 Å². The number of halogens is 1. The molecule has 1 saturated heterocycles. The summed E-state index contributed by atoms with van der Waals surface area (Å²) in [5.74, 6) is 2.41. The Morgan fingerprint density at radius 1 is 1.12 bits per heavy atom. The first-order valence-corrected chi connectivity index (χ1v) is 9.51. The van der Waals surface area contributed by atoms with Crippen molar-refractivity contribution >= 4 is 18.1 Å². The standard InChI is InChI=1S/C20H29NO2.ClH/c1-2-22-15-10-11-18-17(13-15)20-16(9-6-12-23-20)19(21-18)14-7-4-3-5-8-14;/h10-11,13-14,16,19-21H,2-9,12H2,1H3;1H/t16-,19+,20-;/m0./s1. The van der Waals surface area contributed by atoms with Crippen molar-refractivity contribution in [2.75, 3.05) is 18.5 Å². The Morgan fingerprint density at radius 3 is 2.75 bits per heavy atom. The van der Waals surface area contributed by atoms with Crippen molar-refractivity contribution in [2.24, 2.45) is 11.8 Å². The zero-order valence-corrected chi connectivity index (χ0v) is 15.4. The van der Waals surface area contributed by atoms with E-state index in [1.165, 1.54) is 56.2 Å².